The summed E-state index contributed by atoms with van der Waals surface area (Å²) in [6.45, 7) is 12.5. The van der Waals surface area contributed by atoms with Crippen LogP contribution in [0.1, 0.15) is 89.8 Å². The Labute approximate surface area is 218 Å². The molecule has 2 aliphatic heterocycles. The van der Waals surface area contributed by atoms with Gasteiger partial charge in [0.1, 0.15) is 17.5 Å². The number of anilines is 1. The van der Waals surface area contributed by atoms with Gasteiger partial charge in [0.05, 0.1) is 6.20 Å². The average molecular weight is 513 g/mol. The van der Waals surface area contributed by atoms with Crippen molar-refractivity contribution in [2.45, 2.75) is 96.3 Å². The molecule has 2 aromatic heterocycles. The Morgan fingerprint density at radius 1 is 1.14 bits per heavy atom. The van der Waals surface area contributed by atoms with Crippen LogP contribution in [0.5, 0.6) is 0 Å². The number of carbonyl (C=O) groups excluding carboxylic acids is 2. The van der Waals surface area contributed by atoms with Gasteiger partial charge in [0, 0.05) is 48.9 Å². The fourth-order valence-corrected chi connectivity index (χ4v) is 5.14. The van der Waals surface area contributed by atoms with Gasteiger partial charge in [0.15, 0.2) is 5.65 Å². The number of ether oxygens (including phenoxy) is 2. The highest BCUT2D eigenvalue weighted by Gasteiger charge is 2.37. The largest absolute Gasteiger partial charge is 0.445 e. The molecule has 37 heavy (non-hydrogen) atoms. The summed E-state index contributed by atoms with van der Waals surface area (Å²) in [6.07, 6.45) is 5.43. The fourth-order valence-electron chi connectivity index (χ4n) is 5.14. The van der Waals surface area contributed by atoms with Crippen LogP contribution in [0.4, 0.5) is 15.4 Å². The first-order chi connectivity index (χ1) is 17.6. The third kappa shape index (κ3) is 5.68. The number of piperidine rings is 1. The third-order valence-electron chi connectivity index (χ3n) is 7.33. The standard InChI is InChI=1S/C27H40N6O4/c1-17(2)21-16-29-33-23(14-22(18-6-7-18)30-24(21)33)32(26(35)37-27(3,4)5)19-9-12-31(13-10-19)25(34)36-20-8-11-28-15-20/h14,16-20,28H,6-13,15H2,1-5H3. The van der Waals surface area contributed by atoms with Gasteiger partial charge < -0.3 is 19.7 Å². The third-order valence-corrected chi connectivity index (χ3v) is 7.33. The quantitative estimate of drug-likeness (QED) is 0.632. The number of aromatic nitrogens is 3. The molecule has 2 amide bonds. The van der Waals surface area contributed by atoms with Crippen LogP contribution < -0.4 is 10.2 Å². The van der Waals surface area contributed by atoms with Crippen molar-refractivity contribution in [2.75, 3.05) is 31.1 Å². The van der Waals surface area contributed by atoms with Gasteiger partial charge in [-0.15, -0.1) is 0 Å². The number of fused-ring (bicyclic) bond motifs is 1. The summed E-state index contributed by atoms with van der Waals surface area (Å²) >= 11 is 0. The Morgan fingerprint density at radius 2 is 1.86 bits per heavy atom. The van der Waals surface area contributed by atoms with Crippen molar-refractivity contribution in [3.05, 3.63) is 23.5 Å². The van der Waals surface area contributed by atoms with Gasteiger partial charge in [0.2, 0.25) is 0 Å². The van der Waals surface area contributed by atoms with E-state index in [1.165, 1.54) is 0 Å². The van der Waals surface area contributed by atoms with E-state index >= 15 is 0 Å². The predicted molar refractivity (Wildman–Crippen MR) is 140 cm³/mol. The molecule has 3 aliphatic rings. The molecule has 1 N–H and O–H groups in total. The van der Waals surface area contributed by atoms with Gasteiger partial charge in [-0.05, 0) is 65.3 Å². The minimum atomic E-state index is -0.645. The number of nitrogens with zero attached hydrogens (tertiary/aromatic N) is 5. The van der Waals surface area contributed by atoms with E-state index in [4.69, 9.17) is 14.5 Å². The summed E-state index contributed by atoms with van der Waals surface area (Å²) in [4.78, 5) is 34.9. The van der Waals surface area contributed by atoms with E-state index in [-0.39, 0.29) is 24.2 Å². The maximum atomic E-state index is 13.7. The Kier molecular flexibility index (Phi) is 7.04. The molecule has 1 atom stereocenters. The number of likely N-dealkylation sites (tertiary alicyclic amines) is 1. The van der Waals surface area contributed by atoms with Crippen LogP contribution in [0.3, 0.4) is 0 Å². The topological polar surface area (TPSA) is 101 Å². The maximum absolute atomic E-state index is 13.7. The lowest BCUT2D eigenvalue weighted by atomic mass is 10.0. The summed E-state index contributed by atoms with van der Waals surface area (Å²) in [5.41, 5.74) is 2.22. The first-order valence-electron chi connectivity index (χ1n) is 13.7. The number of hydrogen-bond donors (Lipinski definition) is 1. The first-order valence-corrected chi connectivity index (χ1v) is 13.7. The van der Waals surface area contributed by atoms with Gasteiger partial charge in [-0.2, -0.15) is 9.61 Å². The molecular weight excluding hydrogens is 472 g/mol. The number of rotatable bonds is 5. The second-order valence-corrected chi connectivity index (χ2v) is 11.9. The van der Waals surface area contributed by atoms with Crippen molar-refractivity contribution < 1.29 is 19.1 Å². The minimum absolute atomic E-state index is 0.0654. The summed E-state index contributed by atoms with van der Waals surface area (Å²) in [5, 5.41) is 7.89. The van der Waals surface area contributed by atoms with Crippen molar-refractivity contribution >= 4 is 23.7 Å². The predicted octanol–water partition coefficient (Wildman–Crippen LogP) is 4.43. The smallest absolute Gasteiger partial charge is 0.416 e. The lowest BCUT2D eigenvalue weighted by Gasteiger charge is -2.38. The molecule has 4 heterocycles. The molecular formula is C27H40N6O4. The highest BCUT2D eigenvalue weighted by Crippen LogP contribution is 2.41. The monoisotopic (exact) mass is 512 g/mol. The zero-order valence-electron chi connectivity index (χ0n) is 22.7. The number of carbonyl (C=O) groups is 2. The van der Waals surface area contributed by atoms with E-state index in [0.29, 0.717) is 44.2 Å². The van der Waals surface area contributed by atoms with E-state index in [0.717, 1.165) is 42.7 Å². The highest BCUT2D eigenvalue weighted by molar-refractivity contribution is 5.88. The van der Waals surface area contributed by atoms with E-state index in [9.17, 15) is 9.59 Å². The van der Waals surface area contributed by atoms with Gasteiger partial charge in [-0.3, -0.25) is 4.90 Å². The zero-order valence-corrected chi connectivity index (χ0v) is 22.7. The molecule has 0 spiro atoms. The fraction of sp³-hybridized carbons (Fsp3) is 0.704. The van der Waals surface area contributed by atoms with Crippen molar-refractivity contribution in [3.63, 3.8) is 0 Å². The first kappa shape index (κ1) is 25.8. The number of amides is 2. The van der Waals surface area contributed by atoms with Gasteiger partial charge in [0.25, 0.3) is 0 Å². The Balaban J connectivity index is 1.44. The van der Waals surface area contributed by atoms with Gasteiger partial charge >= 0.3 is 12.2 Å². The van der Waals surface area contributed by atoms with E-state index in [1.807, 2.05) is 33.0 Å². The van der Waals surface area contributed by atoms with Gasteiger partial charge in [-0.1, -0.05) is 13.8 Å². The minimum Gasteiger partial charge on any atom is -0.445 e. The molecule has 3 fully saturated rings. The van der Waals surface area contributed by atoms with Crippen molar-refractivity contribution in [3.8, 4) is 0 Å². The number of nitrogens with one attached hydrogen (secondary N) is 1. The molecule has 0 aromatic carbocycles. The molecule has 1 unspecified atom stereocenters. The summed E-state index contributed by atoms with van der Waals surface area (Å²) in [6, 6.07) is 1.87. The second kappa shape index (κ2) is 10.1. The molecule has 10 heteroatoms. The molecule has 202 valence electrons. The van der Waals surface area contributed by atoms with Crippen molar-refractivity contribution in [2.24, 2.45) is 0 Å². The van der Waals surface area contributed by atoms with E-state index in [2.05, 4.69) is 24.3 Å². The molecule has 1 saturated carbocycles. The van der Waals surface area contributed by atoms with E-state index < -0.39 is 11.7 Å². The molecule has 1 aliphatic carbocycles. The molecule has 5 rings (SSSR count). The Hall–Kier alpha value is -2.88. The van der Waals surface area contributed by atoms with Crippen LogP contribution in [0.15, 0.2) is 12.3 Å². The van der Waals surface area contributed by atoms with Crippen LogP contribution in [0, 0.1) is 0 Å². The van der Waals surface area contributed by atoms with E-state index in [1.54, 1.807) is 14.3 Å². The average Bonchev–Trinajstić information content (AvgIpc) is 3.38. The van der Waals surface area contributed by atoms with Crippen molar-refractivity contribution in [1.29, 1.82) is 0 Å². The molecule has 10 nitrogen and oxygen atoms in total. The molecule has 2 aromatic rings. The van der Waals surface area contributed by atoms with Crippen LogP contribution in [-0.4, -0.2) is 75.6 Å². The lowest BCUT2D eigenvalue weighted by molar-refractivity contribution is 0.0517. The second-order valence-electron chi connectivity index (χ2n) is 11.9. The van der Waals surface area contributed by atoms with Gasteiger partial charge in [-0.25, -0.2) is 14.6 Å². The Bertz CT molecular complexity index is 1140. The molecule has 0 bridgehead atoms. The highest BCUT2D eigenvalue weighted by atomic mass is 16.6. The number of hydrogen-bond acceptors (Lipinski definition) is 7. The zero-order chi connectivity index (χ0) is 26.3. The SMILES string of the molecule is CC(C)c1cnn2c(N(C(=O)OC(C)(C)C)C3CCN(C(=O)OC4CCNC4)CC3)cc(C3CC3)nc12. The van der Waals surface area contributed by atoms with Crippen LogP contribution >= 0.6 is 0 Å². The molecule has 0 radical (unpaired) electrons. The van der Waals surface area contributed by atoms with Crippen LogP contribution in [-0.2, 0) is 9.47 Å². The summed E-state index contributed by atoms with van der Waals surface area (Å²) in [7, 11) is 0. The van der Waals surface area contributed by atoms with Crippen LogP contribution in [0.2, 0.25) is 0 Å². The molecule has 2 saturated heterocycles. The normalized spacial score (nSPS) is 21.0. The lowest BCUT2D eigenvalue weighted by Crippen LogP contribution is -2.51. The summed E-state index contributed by atoms with van der Waals surface area (Å²) < 4.78 is 13.4. The Morgan fingerprint density at radius 3 is 2.46 bits per heavy atom. The maximum Gasteiger partial charge on any atom is 0.416 e. The van der Waals surface area contributed by atoms with Crippen LogP contribution in [0.25, 0.3) is 5.65 Å². The summed E-state index contributed by atoms with van der Waals surface area (Å²) in [5.74, 6) is 1.36. The van der Waals surface area contributed by atoms with Crippen molar-refractivity contribution in [1.82, 2.24) is 24.8 Å².